The Morgan fingerprint density at radius 2 is 2.00 bits per heavy atom. The number of ether oxygens (including phenoxy) is 1. The van der Waals surface area contributed by atoms with E-state index in [-0.39, 0.29) is 23.8 Å². The lowest BCUT2D eigenvalue weighted by Crippen LogP contribution is -2.57. The maximum absolute atomic E-state index is 13.9. The Morgan fingerprint density at radius 3 is 2.72 bits per heavy atom. The summed E-state index contributed by atoms with van der Waals surface area (Å²) < 4.78 is 33.6. The molecular weight excluding hydrogens is 416 g/mol. The van der Waals surface area contributed by atoms with Gasteiger partial charge in [-0.25, -0.2) is 0 Å². The highest BCUT2D eigenvalue weighted by atomic mass is 19.3. The summed E-state index contributed by atoms with van der Waals surface area (Å²) in [5.41, 5.74) is 2.91. The normalized spacial score (nSPS) is 21.3. The number of pyridine rings is 1. The topological polar surface area (TPSA) is 83.4 Å². The van der Waals surface area contributed by atoms with E-state index in [0.717, 1.165) is 41.8 Å². The van der Waals surface area contributed by atoms with Gasteiger partial charge >= 0.3 is 0 Å². The first-order valence-corrected chi connectivity index (χ1v) is 10.7. The Kier molecular flexibility index (Phi) is 5.17. The fourth-order valence-electron chi connectivity index (χ4n) is 4.41. The van der Waals surface area contributed by atoms with Crippen molar-refractivity contribution in [2.75, 3.05) is 29.9 Å². The number of aliphatic hydroxyl groups excluding tert-OH is 1. The molecule has 2 unspecified atom stereocenters. The van der Waals surface area contributed by atoms with Crippen LogP contribution in [0.3, 0.4) is 0 Å². The Balaban J connectivity index is 1.45. The second-order valence-electron chi connectivity index (χ2n) is 8.60. The Labute approximate surface area is 184 Å². The van der Waals surface area contributed by atoms with E-state index in [1.54, 1.807) is 12.1 Å². The van der Waals surface area contributed by atoms with Crippen molar-refractivity contribution in [2.24, 2.45) is 0 Å². The maximum Gasteiger partial charge on any atom is 0.295 e. The minimum atomic E-state index is -3.29. The number of hydrogen-bond acceptors (Lipinski definition) is 7. The van der Waals surface area contributed by atoms with Crippen LogP contribution in [0.4, 0.5) is 20.3 Å². The molecule has 0 radical (unpaired) electrons. The van der Waals surface area contributed by atoms with Crippen LogP contribution in [-0.4, -0.2) is 52.2 Å². The number of anilines is 2. The molecule has 0 aliphatic carbocycles. The number of benzene rings is 1. The highest BCUT2D eigenvalue weighted by molar-refractivity contribution is 5.92. The molecular formula is C23H25F2N5O2. The predicted molar refractivity (Wildman–Crippen MR) is 117 cm³/mol. The molecule has 0 saturated carbocycles. The third kappa shape index (κ3) is 3.75. The van der Waals surface area contributed by atoms with Gasteiger partial charge in [0.05, 0.1) is 41.3 Å². The standard InChI is InChI=1S/C23H25F2N5O2/c1-13(15-4-3-5-16(6-15)23(24,25)12-31)27-22-20-7-17(9-26-21(20)14(2)28-29-22)30-10-18-8-19(11-30)32-18/h3-7,9,13,18-19,31H,8,10-12H2,1-2H3,(H,27,29)/t13-,18?,19?/m1/s1. The molecule has 1 aromatic carbocycles. The molecule has 3 aliphatic heterocycles. The average molecular weight is 441 g/mol. The lowest BCUT2D eigenvalue weighted by atomic mass is 9.98. The van der Waals surface area contributed by atoms with Gasteiger partial charge in [-0.1, -0.05) is 18.2 Å². The van der Waals surface area contributed by atoms with Gasteiger partial charge in [0, 0.05) is 30.5 Å². The summed E-state index contributed by atoms with van der Waals surface area (Å²) in [5, 5.41) is 21.7. The molecule has 5 heterocycles. The number of nitrogens with zero attached hydrogens (tertiary/aromatic N) is 4. The van der Waals surface area contributed by atoms with Crippen LogP contribution in [0.2, 0.25) is 0 Å². The average Bonchev–Trinajstić information content (AvgIpc) is 2.80. The lowest BCUT2D eigenvalue weighted by molar-refractivity contribution is -0.133. The van der Waals surface area contributed by atoms with E-state index >= 15 is 0 Å². The van der Waals surface area contributed by atoms with Crippen LogP contribution in [0.25, 0.3) is 10.9 Å². The first kappa shape index (κ1) is 21.0. The zero-order valence-electron chi connectivity index (χ0n) is 17.9. The van der Waals surface area contributed by atoms with Crippen molar-refractivity contribution in [1.82, 2.24) is 15.2 Å². The van der Waals surface area contributed by atoms with Crippen molar-refractivity contribution in [2.45, 2.75) is 44.4 Å². The summed E-state index contributed by atoms with van der Waals surface area (Å²) >= 11 is 0. The molecule has 3 aliphatic rings. The van der Waals surface area contributed by atoms with Crippen molar-refractivity contribution < 1.29 is 18.6 Å². The van der Waals surface area contributed by atoms with E-state index in [1.807, 2.05) is 20.0 Å². The quantitative estimate of drug-likeness (QED) is 0.605. The van der Waals surface area contributed by atoms with E-state index < -0.39 is 12.5 Å². The minimum absolute atomic E-state index is 0.221. The molecule has 2 bridgehead atoms. The van der Waals surface area contributed by atoms with Gasteiger partial charge in [-0.3, -0.25) is 4.98 Å². The number of halogens is 2. The highest BCUT2D eigenvalue weighted by Gasteiger charge is 2.38. The lowest BCUT2D eigenvalue weighted by Gasteiger charge is -2.47. The predicted octanol–water partition coefficient (Wildman–Crippen LogP) is 3.57. The van der Waals surface area contributed by atoms with Gasteiger partial charge in [-0.15, -0.1) is 5.10 Å². The van der Waals surface area contributed by atoms with Crippen molar-refractivity contribution in [3.05, 3.63) is 53.3 Å². The molecule has 2 aromatic heterocycles. The number of piperidine rings is 1. The van der Waals surface area contributed by atoms with Crippen LogP contribution in [0, 0.1) is 6.92 Å². The smallest absolute Gasteiger partial charge is 0.295 e. The van der Waals surface area contributed by atoms with Crippen molar-refractivity contribution in [1.29, 1.82) is 0 Å². The van der Waals surface area contributed by atoms with Gasteiger partial charge < -0.3 is 20.1 Å². The molecule has 3 atom stereocenters. The first-order valence-electron chi connectivity index (χ1n) is 10.7. The number of hydrogen-bond donors (Lipinski definition) is 2. The Morgan fingerprint density at radius 1 is 1.25 bits per heavy atom. The number of alkyl halides is 2. The molecule has 3 fully saturated rings. The zero-order valence-corrected chi connectivity index (χ0v) is 17.9. The molecule has 9 heteroatoms. The highest BCUT2D eigenvalue weighted by Crippen LogP contribution is 2.34. The van der Waals surface area contributed by atoms with Gasteiger partial charge in [-0.2, -0.15) is 13.9 Å². The number of rotatable bonds is 6. The Hall–Kier alpha value is -2.91. The number of aliphatic hydroxyl groups is 1. The van der Waals surface area contributed by atoms with Crippen LogP contribution >= 0.6 is 0 Å². The van der Waals surface area contributed by atoms with Gasteiger partial charge in [0.25, 0.3) is 5.92 Å². The number of fused-ring (bicyclic) bond motifs is 3. The summed E-state index contributed by atoms with van der Waals surface area (Å²) in [6.07, 6.45) is 3.53. The fourth-order valence-corrected chi connectivity index (χ4v) is 4.41. The molecule has 6 rings (SSSR count). The number of morpholine rings is 1. The van der Waals surface area contributed by atoms with E-state index in [4.69, 9.17) is 9.84 Å². The summed E-state index contributed by atoms with van der Waals surface area (Å²) in [7, 11) is 0. The molecule has 168 valence electrons. The second-order valence-corrected chi connectivity index (χ2v) is 8.60. The molecule has 2 N–H and O–H groups in total. The first-order chi connectivity index (χ1) is 15.3. The molecule has 0 spiro atoms. The van der Waals surface area contributed by atoms with Gasteiger partial charge in [-0.05, 0) is 31.5 Å². The molecule has 3 saturated heterocycles. The summed E-state index contributed by atoms with van der Waals surface area (Å²) in [6, 6.07) is 7.79. The van der Waals surface area contributed by atoms with Crippen LogP contribution in [0.15, 0.2) is 36.5 Å². The summed E-state index contributed by atoms with van der Waals surface area (Å²) in [4.78, 5) is 6.92. The maximum atomic E-state index is 13.9. The summed E-state index contributed by atoms with van der Waals surface area (Å²) in [5.74, 6) is -2.74. The molecule has 0 amide bonds. The third-order valence-electron chi connectivity index (χ3n) is 6.26. The van der Waals surface area contributed by atoms with E-state index in [9.17, 15) is 8.78 Å². The van der Waals surface area contributed by atoms with Gasteiger partial charge in [0.1, 0.15) is 6.61 Å². The zero-order chi connectivity index (χ0) is 22.5. The molecule has 7 nitrogen and oxygen atoms in total. The van der Waals surface area contributed by atoms with E-state index in [2.05, 4.69) is 31.5 Å². The molecule has 3 aromatic rings. The molecule has 32 heavy (non-hydrogen) atoms. The number of nitrogens with one attached hydrogen (secondary N) is 1. The van der Waals surface area contributed by atoms with Crippen LogP contribution < -0.4 is 10.2 Å². The van der Waals surface area contributed by atoms with Crippen molar-refractivity contribution in [3.63, 3.8) is 0 Å². The van der Waals surface area contributed by atoms with E-state index in [0.29, 0.717) is 11.4 Å². The van der Waals surface area contributed by atoms with Crippen LogP contribution in [0.1, 0.15) is 36.2 Å². The van der Waals surface area contributed by atoms with Crippen LogP contribution in [0.5, 0.6) is 0 Å². The number of aryl methyl sites for hydroxylation is 1. The Bertz CT molecular complexity index is 1140. The number of aromatic nitrogens is 3. The second kappa shape index (κ2) is 7.90. The summed E-state index contributed by atoms with van der Waals surface area (Å²) in [6.45, 7) is 4.18. The van der Waals surface area contributed by atoms with Crippen molar-refractivity contribution >= 4 is 22.4 Å². The van der Waals surface area contributed by atoms with Gasteiger partial charge in [0.15, 0.2) is 5.82 Å². The largest absolute Gasteiger partial charge is 0.390 e. The van der Waals surface area contributed by atoms with Crippen LogP contribution in [-0.2, 0) is 10.7 Å². The van der Waals surface area contributed by atoms with E-state index in [1.165, 1.54) is 12.1 Å². The fraction of sp³-hybridized carbons (Fsp3) is 0.435. The van der Waals surface area contributed by atoms with Gasteiger partial charge in [0.2, 0.25) is 0 Å². The third-order valence-corrected chi connectivity index (χ3v) is 6.26. The van der Waals surface area contributed by atoms with Crippen molar-refractivity contribution in [3.8, 4) is 0 Å². The minimum Gasteiger partial charge on any atom is -0.390 e. The monoisotopic (exact) mass is 441 g/mol. The SMILES string of the molecule is Cc1nnc(N[C@H](C)c2cccc(C(F)(F)CO)c2)c2cc(N3CC4CC(C3)O4)cnc12.